The van der Waals surface area contributed by atoms with E-state index in [4.69, 9.17) is 0 Å². The van der Waals surface area contributed by atoms with E-state index in [1.54, 1.807) is 0 Å². The third-order valence-corrected chi connectivity index (χ3v) is 3.98. The Balaban J connectivity index is 2.61. The second-order valence-corrected chi connectivity index (χ2v) is 4.57. The van der Waals surface area contributed by atoms with Crippen molar-refractivity contribution in [2.45, 2.75) is 53.4 Å². The first kappa shape index (κ1) is 9.09. The minimum absolute atomic E-state index is 0.721. The van der Waals surface area contributed by atoms with Crippen molar-refractivity contribution in [3.05, 3.63) is 0 Å². The Hall–Kier alpha value is 0. The van der Waals surface area contributed by atoms with Crippen molar-refractivity contribution in [3.8, 4) is 0 Å². The first-order chi connectivity index (χ1) is 5.13. The number of rotatable bonds is 2. The van der Waals surface area contributed by atoms with Crippen LogP contribution in [0.1, 0.15) is 53.4 Å². The van der Waals surface area contributed by atoms with Crippen LogP contribution in [0.4, 0.5) is 0 Å². The van der Waals surface area contributed by atoms with Gasteiger partial charge < -0.3 is 0 Å². The molecule has 0 N–H and O–H groups in total. The molecule has 0 spiro atoms. The molecule has 1 rings (SSSR count). The van der Waals surface area contributed by atoms with Gasteiger partial charge in [-0.15, -0.1) is 0 Å². The van der Waals surface area contributed by atoms with E-state index in [9.17, 15) is 0 Å². The topological polar surface area (TPSA) is 0 Å². The van der Waals surface area contributed by atoms with Crippen molar-refractivity contribution in [1.29, 1.82) is 0 Å². The SMILES string of the molecule is CCC1(CC)C[C@H](C)[C@@H](C)C1. The van der Waals surface area contributed by atoms with Gasteiger partial charge in [0.2, 0.25) is 0 Å². The van der Waals surface area contributed by atoms with Gasteiger partial charge in [-0.25, -0.2) is 0 Å². The van der Waals surface area contributed by atoms with Crippen LogP contribution in [-0.2, 0) is 0 Å². The average Bonchev–Trinajstić information content (AvgIpc) is 2.29. The molecule has 0 nitrogen and oxygen atoms in total. The Bertz CT molecular complexity index is 110. The lowest BCUT2D eigenvalue weighted by atomic mass is 9.80. The van der Waals surface area contributed by atoms with E-state index < -0.39 is 0 Å². The van der Waals surface area contributed by atoms with Crippen LogP contribution in [0.15, 0.2) is 0 Å². The zero-order valence-electron chi connectivity index (χ0n) is 8.48. The van der Waals surface area contributed by atoms with E-state index in [0.717, 1.165) is 17.3 Å². The molecule has 0 aromatic carbocycles. The van der Waals surface area contributed by atoms with E-state index in [2.05, 4.69) is 27.7 Å². The van der Waals surface area contributed by atoms with Gasteiger partial charge in [-0.1, -0.05) is 40.5 Å². The lowest BCUT2D eigenvalue weighted by Crippen LogP contribution is -2.13. The Labute approximate surface area is 71.4 Å². The molecule has 0 aromatic rings. The molecule has 11 heavy (non-hydrogen) atoms. The third kappa shape index (κ3) is 1.60. The van der Waals surface area contributed by atoms with Crippen molar-refractivity contribution in [1.82, 2.24) is 0 Å². The van der Waals surface area contributed by atoms with Gasteiger partial charge in [0.05, 0.1) is 0 Å². The molecule has 0 aliphatic heterocycles. The molecule has 0 bridgehead atoms. The zero-order chi connectivity index (χ0) is 8.48. The summed E-state index contributed by atoms with van der Waals surface area (Å²) in [6, 6.07) is 0. The van der Waals surface area contributed by atoms with Crippen molar-refractivity contribution in [2.24, 2.45) is 17.3 Å². The fourth-order valence-corrected chi connectivity index (χ4v) is 2.68. The lowest BCUT2D eigenvalue weighted by molar-refractivity contribution is 0.259. The Morgan fingerprint density at radius 1 is 1.00 bits per heavy atom. The molecule has 0 saturated heterocycles. The van der Waals surface area contributed by atoms with Crippen LogP contribution in [0.2, 0.25) is 0 Å². The summed E-state index contributed by atoms with van der Waals surface area (Å²) in [4.78, 5) is 0. The largest absolute Gasteiger partial charge is 0.0649 e. The summed E-state index contributed by atoms with van der Waals surface area (Å²) in [6.45, 7) is 9.54. The first-order valence-electron chi connectivity index (χ1n) is 5.13. The molecule has 0 unspecified atom stereocenters. The molecule has 1 fully saturated rings. The Morgan fingerprint density at radius 3 is 1.55 bits per heavy atom. The normalized spacial score (nSPS) is 36.0. The van der Waals surface area contributed by atoms with Gasteiger partial charge >= 0.3 is 0 Å². The summed E-state index contributed by atoms with van der Waals surface area (Å²) in [5.74, 6) is 1.93. The van der Waals surface area contributed by atoms with Gasteiger partial charge in [0, 0.05) is 0 Å². The van der Waals surface area contributed by atoms with E-state index in [1.165, 1.54) is 25.7 Å². The third-order valence-electron chi connectivity index (χ3n) is 3.98. The molecule has 1 saturated carbocycles. The van der Waals surface area contributed by atoms with E-state index in [1.807, 2.05) is 0 Å². The van der Waals surface area contributed by atoms with Gasteiger partial charge in [-0.2, -0.15) is 0 Å². The van der Waals surface area contributed by atoms with Crippen molar-refractivity contribution >= 4 is 0 Å². The number of hydrogen-bond donors (Lipinski definition) is 0. The highest BCUT2D eigenvalue weighted by molar-refractivity contribution is 4.89. The monoisotopic (exact) mass is 154 g/mol. The molecule has 1 aliphatic rings. The van der Waals surface area contributed by atoms with Gasteiger partial charge in [0.25, 0.3) is 0 Å². The Morgan fingerprint density at radius 2 is 1.36 bits per heavy atom. The molecular weight excluding hydrogens is 132 g/mol. The van der Waals surface area contributed by atoms with Crippen LogP contribution in [-0.4, -0.2) is 0 Å². The van der Waals surface area contributed by atoms with Crippen LogP contribution in [0, 0.1) is 17.3 Å². The molecule has 66 valence electrons. The maximum absolute atomic E-state index is 2.41. The first-order valence-corrected chi connectivity index (χ1v) is 5.13. The Kier molecular flexibility index (Phi) is 2.61. The molecule has 0 radical (unpaired) electrons. The quantitative estimate of drug-likeness (QED) is 0.566. The van der Waals surface area contributed by atoms with E-state index in [0.29, 0.717) is 0 Å². The molecule has 0 aromatic heterocycles. The van der Waals surface area contributed by atoms with Crippen molar-refractivity contribution in [2.75, 3.05) is 0 Å². The van der Waals surface area contributed by atoms with Gasteiger partial charge in [0.15, 0.2) is 0 Å². The molecule has 2 atom stereocenters. The second kappa shape index (κ2) is 3.16. The summed E-state index contributed by atoms with van der Waals surface area (Å²) in [5.41, 5.74) is 0.721. The standard InChI is InChI=1S/C11H22/c1-5-11(6-2)7-9(3)10(4)8-11/h9-10H,5-8H2,1-4H3/t9-,10-/m0/s1. The molecule has 1 aliphatic carbocycles. The predicted octanol–water partition coefficient (Wildman–Crippen LogP) is 3.86. The maximum Gasteiger partial charge on any atom is -0.0297 e. The average molecular weight is 154 g/mol. The fraction of sp³-hybridized carbons (Fsp3) is 1.00. The summed E-state index contributed by atoms with van der Waals surface area (Å²) in [5, 5.41) is 0. The summed E-state index contributed by atoms with van der Waals surface area (Å²) in [7, 11) is 0. The molecule has 0 heteroatoms. The fourth-order valence-electron chi connectivity index (χ4n) is 2.68. The highest BCUT2D eigenvalue weighted by Crippen LogP contribution is 2.49. The van der Waals surface area contributed by atoms with Crippen LogP contribution >= 0.6 is 0 Å². The molecular formula is C11H22. The van der Waals surface area contributed by atoms with Gasteiger partial charge in [-0.05, 0) is 30.1 Å². The predicted molar refractivity (Wildman–Crippen MR) is 50.6 cm³/mol. The molecule has 0 amide bonds. The minimum Gasteiger partial charge on any atom is -0.0649 e. The highest BCUT2D eigenvalue weighted by Gasteiger charge is 2.38. The molecule has 0 heterocycles. The minimum atomic E-state index is 0.721. The van der Waals surface area contributed by atoms with E-state index >= 15 is 0 Å². The second-order valence-electron chi connectivity index (χ2n) is 4.57. The summed E-state index contributed by atoms with van der Waals surface area (Å²) in [6.07, 6.45) is 5.72. The highest BCUT2D eigenvalue weighted by atomic mass is 14.4. The number of hydrogen-bond acceptors (Lipinski definition) is 0. The van der Waals surface area contributed by atoms with Crippen molar-refractivity contribution in [3.63, 3.8) is 0 Å². The maximum atomic E-state index is 2.41. The van der Waals surface area contributed by atoms with Crippen LogP contribution in [0.3, 0.4) is 0 Å². The zero-order valence-corrected chi connectivity index (χ0v) is 8.48. The van der Waals surface area contributed by atoms with Crippen molar-refractivity contribution < 1.29 is 0 Å². The van der Waals surface area contributed by atoms with Crippen LogP contribution in [0.25, 0.3) is 0 Å². The summed E-state index contributed by atoms with van der Waals surface area (Å²) < 4.78 is 0. The lowest BCUT2D eigenvalue weighted by Gasteiger charge is -2.25. The van der Waals surface area contributed by atoms with Gasteiger partial charge in [0.1, 0.15) is 0 Å². The van der Waals surface area contributed by atoms with E-state index in [-0.39, 0.29) is 0 Å². The van der Waals surface area contributed by atoms with Crippen LogP contribution < -0.4 is 0 Å². The summed E-state index contributed by atoms with van der Waals surface area (Å²) >= 11 is 0. The van der Waals surface area contributed by atoms with Gasteiger partial charge in [-0.3, -0.25) is 0 Å². The smallest absolute Gasteiger partial charge is 0.0297 e. The van der Waals surface area contributed by atoms with Crippen LogP contribution in [0.5, 0.6) is 0 Å².